The maximum atomic E-state index is 11.0. The fourth-order valence-corrected chi connectivity index (χ4v) is 2.41. The van der Waals surface area contributed by atoms with Crippen molar-refractivity contribution in [2.24, 2.45) is 5.84 Å². The topological polar surface area (TPSA) is 67.6 Å². The summed E-state index contributed by atoms with van der Waals surface area (Å²) in [6.45, 7) is 7.33. The first-order chi connectivity index (χ1) is 8.67. The molecular formula is C13H27N3O2. The Kier molecular flexibility index (Phi) is 7.23. The van der Waals surface area contributed by atoms with E-state index in [1.807, 2.05) is 0 Å². The Hall–Kier alpha value is -0.650. The van der Waals surface area contributed by atoms with Crippen molar-refractivity contribution in [2.75, 3.05) is 19.7 Å². The number of unbranched alkanes of at least 4 members (excludes halogenated alkanes) is 2. The van der Waals surface area contributed by atoms with Crippen molar-refractivity contribution in [3.05, 3.63) is 0 Å². The zero-order valence-corrected chi connectivity index (χ0v) is 11.7. The summed E-state index contributed by atoms with van der Waals surface area (Å²) < 4.78 is 5.68. The predicted octanol–water partition coefficient (Wildman–Crippen LogP) is 1.04. The Balaban J connectivity index is 2.14. The number of ether oxygens (including phenoxy) is 1. The summed E-state index contributed by atoms with van der Waals surface area (Å²) in [4.78, 5) is 13.5. The molecule has 1 aliphatic rings. The van der Waals surface area contributed by atoms with E-state index in [4.69, 9.17) is 10.6 Å². The first-order valence-corrected chi connectivity index (χ1v) is 7.02. The van der Waals surface area contributed by atoms with Crippen LogP contribution in [0.25, 0.3) is 0 Å². The molecular weight excluding hydrogens is 230 g/mol. The Labute approximate surface area is 110 Å². The smallest absolute Gasteiger partial charge is 0.233 e. The highest BCUT2D eigenvalue weighted by Crippen LogP contribution is 2.15. The number of rotatable bonds is 7. The molecule has 0 spiro atoms. The zero-order chi connectivity index (χ0) is 13.4. The third kappa shape index (κ3) is 5.33. The van der Waals surface area contributed by atoms with Crippen molar-refractivity contribution in [3.63, 3.8) is 0 Å². The van der Waals surface area contributed by atoms with Gasteiger partial charge in [0, 0.05) is 19.0 Å². The number of carbonyl (C=O) groups excluding carboxylic acids is 1. The van der Waals surface area contributed by atoms with Crippen LogP contribution in [0.1, 0.15) is 46.0 Å². The van der Waals surface area contributed by atoms with Gasteiger partial charge in [0.2, 0.25) is 5.91 Å². The number of carbonyl (C=O) groups is 1. The van der Waals surface area contributed by atoms with Crippen molar-refractivity contribution in [1.29, 1.82) is 0 Å². The van der Waals surface area contributed by atoms with Gasteiger partial charge in [-0.25, -0.2) is 5.84 Å². The molecule has 18 heavy (non-hydrogen) atoms. The number of hydrogen-bond donors (Lipinski definition) is 2. The molecule has 0 aromatic carbocycles. The first-order valence-electron chi connectivity index (χ1n) is 7.02. The molecule has 1 rings (SSSR count). The molecule has 5 heteroatoms. The van der Waals surface area contributed by atoms with Crippen LogP contribution < -0.4 is 11.3 Å². The van der Waals surface area contributed by atoms with Crippen LogP contribution in [0.3, 0.4) is 0 Å². The van der Waals surface area contributed by atoms with Crippen LogP contribution in [0.5, 0.6) is 0 Å². The molecule has 0 aromatic rings. The molecule has 2 atom stereocenters. The van der Waals surface area contributed by atoms with Crippen LogP contribution in [-0.4, -0.2) is 42.6 Å². The maximum Gasteiger partial charge on any atom is 0.233 e. The highest BCUT2D eigenvalue weighted by Gasteiger charge is 2.24. The van der Waals surface area contributed by atoms with E-state index in [9.17, 15) is 4.79 Å². The van der Waals surface area contributed by atoms with Crippen molar-refractivity contribution >= 4 is 5.91 Å². The molecule has 1 saturated heterocycles. The van der Waals surface area contributed by atoms with Crippen molar-refractivity contribution in [2.45, 2.75) is 58.1 Å². The zero-order valence-electron chi connectivity index (χ0n) is 11.7. The van der Waals surface area contributed by atoms with Gasteiger partial charge in [-0.2, -0.15) is 0 Å². The molecule has 2 unspecified atom stereocenters. The molecule has 1 aliphatic heterocycles. The average molecular weight is 257 g/mol. The second-order valence-corrected chi connectivity index (χ2v) is 5.08. The fraction of sp³-hybridized carbons (Fsp3) is 0.923. The molecule has 0 radical (unpaired) electrons. The SMILES string of the molecule is CCC1COC(C)CN1CCCCCC(=O)NN. The summed E-state index contributed by atoms with van der Waals surface area (Å²) in [5, 5.41) is 0. The van der Waals surface area contributed by atoms with Gasteiger partial charge in [-0.05, 0) is 32.7 Å². The highest BCUT2D eigenvalue weighted by atomic mass is 16.5. The van der Waals surface area contributed by atoms with Crippen LogP contribution in [0.4, 0.5) is 0 Å². The minimum absolute atomic E-state index is 0.0681. The van der Waals surface area contributed by atoms with Gasteiger partial charge in [0.1, 0.15) is 0 Å². The number of nitrogens with two attached hydrogens (primary N) is 1. The second-order valence-electron chi connectivity index (χ2n) is 5.08. The number of morpholine rings is 1. The average Bonchev–Trinajstić information content (AvgIpc) is 2.38. The standard InChI is InChI=1S/C13H27N3O2/c1-3-12-10-18-11(2)9-16(12)8-6-4-5-7-13(17)15-14/h11-12H,3-10,14H2,1-2H3,(H,15,17). The summed E-state index contributed by atoms with van der Waals surface area (Å²) >= 11 is 0. The van der Waals surface area contributed by atoms with Crippen LogP contribution >= 0.6 is 0 Å². The third-order valence-corrected chi connectivity index (χ3v) is 3.56. The van der Waals surface area contributed by atoms with Gasteiger partial charge in [0.15, 0.2) is 0 Å². The van der Waals surface area contributed by atoms with Gasteiger partial charge in [-0.1, -0.05) is 13.3 Å². The van der Waals surface area contributed by atoms with Crippen LogP contribution in [-0.2, 0) is 9.53 Å². The molecule has 0 saturated carbocycles. The maximum absolute atomic E-state index is 11.0. The lowest BCUT2D eigenvalue weighted by molar-refractivity contribution is -0.121. The molecule has 1 heterocycles. The molecule has 1 amide bonds. The number of hydrogen-bond acceptors (Lipinski definition) is 4. The van der Waals surface area contributed by atoms with Gasteiger partial charge in [-0.15, -0.1) is 0 Å². The minimum Gasteiger partial charge on any atom is -0.376 e. The van der Waals surface area contributed by atoms with E-state index in [2.05, 4.69) is 24.2 Å². The van der Waals surface area contributed by atoms with Gasteiger partial charge >= 0.3 is 0 Å². The highest BCUT2D eigenvalue weighted by molar-refractivity contribution is 5.74. The first kappa shape index (κ1) is 15.4. The summed E-state index contributed by atoms with van der Waals surface area (Å²) in [6, 6.07) is 0.563. The van der Waals surface area contributed by atoms with E-state index >= 15 is 0 Å². The van der Waals surface area contributed by atoms with E-state index in [0.29, 0.717) is 18.6 Å². The van der Waals surface area contributed by atoms with E-state index < -0.39 is 0 Å². The number of nitrogens with one attached hydrogen (secondary N) is 1. The van der Waals surface area contributed by atoms with Crippen LogP contribution in [0.2, 0.25) is 0 Å². The molecule has 1 fully saturated rings. The van der Waals surface area contributed by atoms with Crippen molar-refractivity contribution < 1.29 is 9.53 Å². The normalized spacial score (nSPS) is 25.1. The van der Waals surface area contributed by atoms with Gasteiger partial charge in [0.25, 0.3) is 0 Å². The Bertz CT molecular complexity index is 248. The molecule has 0 aliphatic carbocycles. The van der Waals surface area contributed by atoms with E-state index in [-0.39, 0.29) is 5.91 Å². The largest absolute Gasteiger partial charge is 0.376 e. The summed E-state index contributed by atoms with van der Waals surface area (Å²) in [5.74, 6) is 4.97. The Morgan fingerprint density at radius 2 is 2.22 bits per heavy atom. The lowest BCUT2D eigenvalue weighted by atomic mass is 10.1. The monoisotopic (exact) mass is 257 g/mol. The molecule has 0 bridgehead atoms. The lowest BCUT2D eigenvalue weighted by Gasteiger charge is -2.38. The second kappa shape index (κ2) is 8.45. The summed E-state index contributed by atoms with van der Waals surface area (Å²) in [6.07, 6.45) is 5.15. The molecule has 106 valence electrons. The fourth-order valence-electron chi connectivity index (χ4n) is 2.41. The summed E-state index contributed by atoms with van der Waals surface area (Å²) in [7, 11) is 0. The number of nitrogens with zero attached hydrogens (tertiary/aromatic N) is 1. The lowest BCUT2D eigenvalue weighted by Crippen LogP contribution is -2.48. The van der Waals surface area contributed by atoms with Crippen LogP contribution in [0.15, 0.2) is 0 Å². The molecule has 5 nitrogen and oxygen atoms in total. The van der Waals surface area contributed by atoms with Crippen LogP contribution in [0, 0.1) is 0 Å². The van der Waals surface area contributed by atoms with E-state index in [1.165, 1.54) is 0 Å². The van der Waals surface area contributed by atoms with E-state index in [0.717, 1.165) is 45.4 Å². The van der Waals surface area contributed by atoms with Gasteiger partial charge < -0.3 is 4.74 Å². The third-order valence-electron chi connectivity index (χ3n) is 3.56. The Morgan fingerprint density at radius 1 is 1.44 bits per heavy atom. The number of amides is 1. The van der Waals surface area contributed by atoms with Gasteiger partial charge in [-0.3, -0.25) is 15.1 Å². The quantitative estimate of drug-likeness (QED) is 0.309. The summed E-state index contributed by atoms with van der Waals surface area (Å²) in [5.41, 5.74) is 2.16. The number of hydrazine groups is 1. The van der Waals surface area contributed by atoms with Gasteiger partial charge in [0.05, 0.1) is 12.7 Å². The van der Waals surface area contributed by atoms with Crippen molar-refractivity contribution in [1.82, 2.24) is 10.3 Å². The van der Waals surface area contributed by atoms with Crippen molar-refractivity contribution in [3.8, 4) is 0 Å². The minimum atomic E-state index is -0.0681. The molecule has 3 N–H and O–H groups in total. The molecule has 0 aromatic heterocycles. The van der Waals surface area contributed by atoms with E-state index in [1.54, 1.807) is 0 Å². The Morgan fingerprint density at radius 3 is 2.89 bits per heavy atom. The predicted molar refractivity (Wildman–Crippen MR) is 71.9 cm³/mol.